The van der Waals surface area contributed by atoms with Crippen LogP contribution < -0.4 is 5.32 Å². The van der Waals surface area contributed by atoms with E-state index in [1.807, 2.05) is 6.08 Å². The van der Waals surface area contributed by atoms with Crippen molar-refractivity contribution in [2.45, 2.75) is 344 Å². The van der Waals surface area contributed by atoms with Crippen molar-refractivity contribution in [3.8, 4) is 0 Å². The van der Waals surface area contributed by atoms with Gasteiger partial charge in [0.25, 0.3) is 0 Å². The molecule has 12 unspecified atom stereocenters. The van der Waals surface area contributed by atoms with E-state index in [-0.39, 0.29) is 18.9 Å². The van der Waals surface area contributed by atoms with Gasteiger partial charge in [-0.25, -0.2) is 0 Å². The summed E-state index contributed by atoms with van der Waals surface area (Å²) in [6.45, 7) is 2.78. The SMILES string of the molecule is CCCCCCC/C=C\C/C=C\C/C=C\CCCCCCCCCCCCCCCCC(=O)NC(COC1OC(CO)C(OC2OC(CO)C(O)C(O)C2O)C(O)C1O)C(O)/C=C/CC/C=C/CC/C=C/CCCCCCCCCCCCC. The standard InChI is InChI=1S/C70H125NO13/c1-3-5-7-9-11-13-15-17-19-21-23-25-26-27-28-29-30-31-32-34-36-38-40-42-44-46-48-50-52-54-62(75)71-58(59(74)53-51-49-47-45-43-41-39-37-35-33-24-22-20-18-16-14-12-10-8-6-4-2)57-81-69-67(80)65(78)68(61(56-73)83-69)84-70-66(79)64(77)63(76)60(55-72)82-70/h15,17,21,23,26-27,35,37,43,45,51,53,58-61,63-70,72-74,76-80H,3-14,16,18-20,22,24-25,28-34,36,38-42,44,46-50,52,54-57H2,1-2H3,(H,71,75)/b17-15-,23-21-,27-26-,37-35+,45-43+,53-51+. The number of aliphatic hydroxyl groups excluding tert-OH is 8. The van der Waals surface area contributed by atoms with Gasteiger partial charge < -0.3 is 65.1 Å². The molecule has 2 fully saturated rings. The predicted molar refractivity (Wildman–Crippen MR) is 341 cm³/mol. The van der Waals surface area contributed by atoms with Gasteiger partial charge in [0.1, 0.15) is 48.8 Å². The molecule has 0 aromatic carbocycles. The molecule has 2 saturated heterocycles. The van der Waals surface area contributed by atoms with Crippen molar-refractivity contribution in [2.75, 3.05) is 19.8 Å². The van der Waals surface area contributed by atoms with Crippen molar-refractivity contribution >= 4 is 5.91 Å². The summed E-state index contributed by atoms with van der Waals surface area (Å²) < 4.78 is 22.8. The number of allylic oxidation sites excluding steroid dienone is 11. The Hall–Kier alpha value is -2.57. The van der Waals surface area contributed by atoms with E-state index in [0.29, 0.717) is 12.8 Å². The molecule has 2 aliphatic heterocycles. The minimum atomic E-state index is -1.80. The Kier molecular flexibility index (Phi) is 50.4. The van der Waals surface area contributed by atoms with Gasteiger partial charge in [-0.2, -0.15) is 0 Å². The van der Waals surface area contributed by atoms with E-state index >= 15 is 0 Å². The van der Waals surface area contributed by atoms with Crippen LogP contribution in [0, 0.1) is 0 Å². The fourth-order valence-corrected chi connectivity index (χ4v) is 10.9. The van der Waals surface area contributed by atoms with Gasteiger partial charge in [0.15, 0.2) is 12.6 Å². The van der Waals surface area contributed by atoms with Crippen molar-refractivity contribution < 1.29 is 64.6 Å². The molecule has 2 rings (SSSR count). The van der Waals surface area contributed by atoms with Gasteiger partial charge >= 0.3 is 0 Å². The summed E-state index contributed by atoms with van der Waals surface area (Å²) in [4.78, 5) is 13.3. The van der Waals surface area contributed by atoms with Crippen LogP contribution in [0.3, 0.4) is 0 Å². The van der Waals surface area contributed by atoms with Gasteiger partial charge in [0.2, 0.25) is 5.91 Å². The molecule has 0 aliphatic carbocycles. The van der Waals surface area contributed by atoms with Crippen molar-refractivity contribution in [2.24, 2.45) is 0 Å². The molecule has 0 spiro atoms. The Balaban J connectivity index is 1.71. The maximum atomic E-state index is 13.3. The molecule has 488 valence electrons. The quantitative estimate of drug-likeness (QED) is 0.0204. The number of rotatable bonds is 55. The number of unbranched alkanes of at least 4 members (excludes halogenated alkanes) is 32. The summed E-state index contributed by atoms with van der Waals surface area (Å²) in [5.74, 6) is -0.254. The first-order chi connectivity index (χ1) is 41.1. The third-order valence-corrected chi connectivity index (χ3v) is 16.3. The van der Waals surface area contributed by atoms with E-state index in [1.54, 1.807) is 6.08 Å². The van der Waals surface area contributed by atoms with Crippen LogP contribution in [0.1, 0.15) is 271 Å². The summed E-state index contributed by atoms with van der Waals surface area (Å²) in [6, 6.07) is -0.942. The lowest BCUT2D eigenvalue weighted by atomic mass is 9.97. The summed E-state index contributed by atoms with van der Waals surface area (Å²) in [5, 5.41) is 87.3. The predicted octanol–water partition coefficient (Wildman–Crippen LogP) is 13.5. The van der Waals surface area contributed by atoms with Crippen molar-refractivity contribution in [1.29, 1.82) is 0 Å². The highest BCUT2D eigenvalue weighted by molar-refractivity contribution is 5.76. The van der Waals surface area contributed by atoms with E-state index in [2.05, 4.69) is 79.9 Å². The summed E-state index contributed by atoms with van der Waals surface area (Å²) in [7, 11) is 0. The third kappa shape index (κ3) is 38.7. The Morgan fingerprint density at radius 3 is 1.25 bits per heavy atom. The Labute approximate surface area is 510 Å². The van der Waals surface area contributed by atoms with Gasteiger partial charge in [0, 0.05) is 6.42 Å². The second-order valence-electron chi connectivity index (χ2n) is 23.9. The molecule has 84 heavy (non-hydrogen) atoms. The van der Waals surface area contributed by atoms with Gasteiger partial charge in [-0.15, -0.1) is 0 Å². The smallest absolute Gasteiger partial charge is 0.220 e. The average molecular weight is 1190 g/mol. The van der Waals surface area contributed by atoms with Crippen LogP contribution >= 0.6 is 0 Å². The molecular formula is C70H125NO13. The number of carbonyl (C=O) groups excluding carboxylic acids is 1. The van der Waals surface area contributed by atoms with E-state index in [0.717, 1.165) is 57.8 Å². The van der Waals surface area contributed by atoms with Gasteiger partial charge in [-0.3, -0.25) is 4.79 Å². The highest BCUT2D eigenvalue weighted by Gasteiger charge is 2.51. The molecule has 0 aromatic heterocycles. The molecule has 2 aliphatic rings. The fourth-order valence-electron chi connectivity index (χ4n) is 10.9. The number of aliphatic hydroxyl groups is 8. The number of amides is 1. The lowest BCUT2D eigenvalue weighted by Gasteiger charge is -2.46. The maximum Gasteiger partial charge on any atom is 0.220 e. The topological polar surface area (TPSA) is 228 Å². The number of nitrogens with one attached hydrogen (secondary N) is 1. The number of hydrogen-bond donors (Lipinski definition) is 9. The van der Waals surface area contributed by atoms with Crippen LogP contribution in [-0.2, 0) is 23.7 Å². The monoisotopic (exact) mass is 1190 g/mol. The minimum Gasteiger partial charge on any atom is -0.394 e. The molecule has 0 aromatic rings. The lowest BCUT2D eigenvalue weighted by molar-refractivity contribution is -0.359. The van der Waals surface area contributed by atoms with Gasteiger partial charge in [-0.1, -0.05) is 254 Å². The van der Waals surface area contributed by atoms with Crippen LogP contribution in [0.2, 0.25) is 0 Å². The van der Waals surface area contributed by atoms with E-state index < -0.39 is 86.8 Å². The first kappa shape index (κ1) is 77.5. The molecule has 1 amide bonds. The van der Waals surface area contributed by atoms with E-state index in [4.69, 9.17) is 18.9 Å². The normalized spacial score (nSPS) is 24.1. The summed E-state index contributed by atoms with van der Waals surface area (Å²) >= 11 is 0. The molecule has 0 radical (unpaired) electrons. The minimum absolute atomic E-state index is 0.254. The van der Waals surface area contributed by atoms with Gasteiger partial charge in [0.05, 0.1) is 32.0 Å². The molecule has 12 atom stereocenters. The number of ether oxygens (including phenoxy) is 4. The molecule has 0 bridgehead atoms. The molecule has 9 N–H and O–H groups in total. The zero-order valence-electron chi connectivity index (χ0n) is 52.9. The van der Waals surface area contributed by atoms with Crippen molar-refractivity contribution in [1.82, 2.24) is 5.32 Å². The van der Waals surface area contributed by atoms with Crippen molar-refractivity contribution in [3.63, 3.8) is 0 Å². The van der Waals surface area contributed by atoms with Crippen LogP contribution in [0.4, 0.5) is 0 Å². The first-order valence-electron chi connectivity index (χ1n) is 34.2. The maximum absolute atomic E-state index is 13.3. The number of hydrogen-bond acceptors (Lipinski definition) is 13. The van der Waals surface area contributed by atoms with Crippen LogP contribution in [0.25, 0.3) is 0 Å². The Morgan fingerprint density at radius 2 is 0.798 bits per heavy atom. The second kappa shape index (κ2) is 54.6. The highest BCUT2D eigenvalue weighted by atomic mass is 16.7. The summed E-state index contributed by atoms with van der Waals surface area (Å²) in [5.41, 5.74) is 0. The summed E-state index contributed by atoms with van der Waals surface area (Å²) in [6.07, 6.45) is 56.6. The third-order valence-electron chi connectivity index (χ3n) is 16.3. The van der Waals surface area contributed by atoms with Crippen molar-refractivity contribution in [3.05, 3.63) is 72.9 Å². The largest absolute Gasteiger partial charge is 0.394 e. The van der Waals surface area contributed by atoms with Gasteiger partial charge in [-0.05, 0) is 83.5 Å². The van der Waals surface area contributed by atoms with E-state index in [9.17, 15) is 45.6 Å². The molecule has 2 heterocycles. The molecule has 0 saturated carbocycles. The highest BCUT2D eigenvalue weighted by Crippen LogP contribution is 2.30. The zero-order valence-corrected chi connectivity index (χ0v) is 52.9. The van der Waals surface area contributed by atoms with Crippen LogP contribution in [0.5, 0.6) is 0 Å². The average Bonchev–Trinajstić information content (AvgIpc) is 3.24. The van der Waals surface area contributed by atoms with Crippen LogP contribution in [-0.4, -0.2) is 140 Å². The molecule has 14 heteroatoms. The zero-order chi connectivity index (χ0) is 60.9. The Morgan fingerprint density at radius 1 is 0.429 bits per heavy atom. The first-order valence-corrected chi connectivity index (χ1v) is 34.2. The second-order valence-corrected chi connectivity index (χ2v) is 23.9. The Bertz CT molecular complexity index is 1690. The molecular weight excluding hydrogens is 1060 g/mol. The fraction of sp³-hybridized carbons (Fsp3) is 0.814. The van der Waals surface area contributed by atoms with E-state index in [1.165, 1.54) is 180 Å². The number of carbonyl (C=O) groups is 1. The molecule has 14 nitrogen and oxygen atoms in total. The lowest BCUT2D eigenvalue weighted by Crippen LogP contribution is -2.65. The van der Waals surface area contributed by atoms with Crippen LogP contribution in [0.15, 0.2) is 72.9 Å².